The summed E-state index contributed by atoms with van der Waals surface area (Å²) in [6, 6.07) is 15.9. The van der Waals surface area contributed by atoms with E-state index in [9.17, 15) is 0 Å². The van der Waals surface area contributed by atoms with Crippen LogP contribution in [-0.2, 0) is 0 Å². The summed E-state index contributed by atoms with van der Waals surface area (Å²) in [5, 5.41) is 0. The van der Waals surface area contributed by atoms with Gasteiger partial charge in [0.1, 0.15) is 11.5 Å². The van der Waals surface area contributed by atoms with Gasteiger partial charge in [-0.3, -0.25) is 0 Å². The molecule has 0 N–H and O–H groups in total. The first kappa shape index (κ1) is 13.6. The fourth-order valence-electron chi connectivity index (χ4n) is 2.41. The van der Waals surface area contributed by atoms with Crippen molar-refractivity contribution < 1.29 is 30.2 Å². The molecular weight excluding hydrogens is 330 g/mol. The molecule has 0 unspecified atom stereocenters. The van der Waals surface area contributed by atoms with Crippen LogP contribution in [0.5, 0.6) is 0 Å². The van der Waals surface area contributed by atoms with Gasteiger partial charge < -0.3 is 25.8 Å². The van der Waals surface area contributed by atoms with Crippen LogP contribution >= 0.6 is 0 Å². The lowest BCUT2D eigenvalue weighted by atomic mass is 10.0. The van der Waals surface area contributed by atoms with Gasteiger partial charge in [-0.15, -0.1) is 0 Å². The maximum absolute atomic E-state index is 5.56. The molecule has 0 radical (unpaired) electrons. The van der Waals surface area contributed by atoms with Crippen LogP contribution < -0.4 is 21.4 Å². The van der Waals surface area contributed by atoms with E-state index in [0.29, 0.717) is 0 Å². The third-order valence-corrected chi connectivity index (χ3v) is 3.35. The SMILES string of the molecule is [Br-].c1coc(-c2cc3cccc[n+]3cc2-c2ccco2)c1. The maximum atomic E-state index is 5.56. The smallest absolute Gasteiger partial charge is 0.211 e. The van der Waals surface area contributed by atoms with Crippen LogP contribution in [0.15, 0.2) is 82.3 Å². The highest BCUT2D eigenvalue weighted by atomic mass is 79.9. The fraction of sp³-hybridized carbons (Fsp3) is 0. The molecule has 0 amide bonds. The molecule has 0 aromatic carbocycles. The predicted octanol–water partition coefficient (Wildman–Crippen LogP) is 0.949. The largest absolute Gasteiger partial charge is 1.00 e. The van der Waals surface area contributed by atoms with Crippen molar-refractivity contribution in [1.82, 2.24) is 0 Å². The summed E-state index contributed by atoms with van der Waals surface area (Å²) < 4.78 is 13.2. The van der Waals surface area contributed by atoms with E-state index < -0.39 is 0 Å². The zero-order valence-electron chi connectivity index (χ0n) is 11.1. The lowest BCUT2D eigenvalue weighted by Crippen LogP contribution is -3.00. The summed E-state index contributed by atoms with van der Waals surface area (Å²) in [7, 11) is 0. The summed E-state index contributed by atoms with van der Waals surface area (Å²) >= 11 is 0. The molecule has 104 valence electrons. The highest BCUT2D eigenvalue weighted by molar-refractivity contribution is 5.79. The zero-order chi connectivity index (χ0) is 13.4. The molecule has 4 aromatic rings. The molecule has 0 spiro atoms. The molecule has 0 bridgehead atoms. The van der Waals surface area contributed by atoms with Gasteiger partial charge in [0.05, 0.1) is 18.1 Å². The highest BCUT2D eigenvalue weighted by Gasteiger charge is 2.17. The van der Waals surface area contributed by atoms with E-state index in [4.69, 9.17) is 8.83 Å². The Labute approximate surface area is 132 Å². The molecule has 3 nitrogen and oxygen atoms in total. The third-order valence-electron chi connectivity index (χ3n) is 3.35. The van der Waals surface area contributed by atoms with Crippen LogP contribution in [0.25, 0.3) is 28.2 Å². The number of hydrogen-bond donors (Lipinski definition) is 0. The Kier molecular flexibility index (Phi) is 3.62. The third kappa shape index (κ3) is 2.38. The van der Waals surface area contributed by atoms with Gasteiger partial charge in [0.15, 0.2) is 12.4 Å². The Balaban J connectivity index is 0.00000132. The minimum Gasteiger partial charge on any atom is -1.00 e. The van der Waals surface area contributed by atoms with E-state index in [0.717, 1.165) is 28.2 Å². The van der Waals surface area contributed by atoms with E-state index >= 15 is 0 Å². The number of nitrogens with zero attached hydrogens (tertiary/aromatic N) is 1. The standard InChI is InChI=1S/C17H12NO2.BrH/c1-2-8-18-12-15(17-7-4-10-20-17)14(11-13(18)5-1)16-6-3-9-19-16;/h1-12H;1H/q+1;/p-1. The number of halogens is 1. The molecule has 0 saturated carbocycles. The topological polar surface area (TPSA) is 30.4 Å². The van der Waals surface area contributed by atoms with Gasteiger partial charge >= 0.3 is 0 Å². The summed E-state index contributed by atoms with van der Waals surface area (Å²) in [5.41, 5.74) is 3.14. The maximum Gasteiger partial charge on any atom is 0.211 e. The molecular formula is C17H12BrNO2. The number of hydrogen-bond acceptors (Lipinski definition) is 2. The van der Waals surface area contributed by atoms with Crippen molar-refractivity contribution in [3.8, 4) is 22.6 Å². The molecule has 21 heavy (non-hydrogen) atoms. The number of furan rings is 2. The first-order chi connectivity index (χ1) is 9.92. The summed E-state index contributed by atoms with van der Waals surface area (Å²) in [6.45, 7) is 0. The highest BCUT2D eigenvalue weighted by Crippen LogP contribution is 2.32. The second kappa shape index (κ2) is 5.58. The van der Waals surface area contributed by atoms with Crippen molar-refractivity contribution in [1.29, 1.82) is 0 Å². The monoisotopic (exact) mass is 341 g/mol. The quantitative estimate of drug-likeness (QED) is 0.508. The molecule has 0 fully saturated rings. The molecule has 0 aliphatic carbocycles. The van der Waals surface area contributed by atoms with Crippen LogP contribution in [0.1, 0.15) is 0 Å². The molecule has 4 aromatic heterocycles. The van der Waals surface area contributed by atoms with Crippen LogP contribution in [-0.4, -0.2) is 0 Å². The lowest BCUT2D eigenvalue weighted by Gasteiger charge is -2.03. The van der Waals surface area contributed by atoms with E-state index in [1.54, 1.807) is 12.5 Å². The van der Waals surface area contributed by atoms with E-state index in [1.807, 2.05) is 42.6 Å². The minimum absolute atomic E-state index is 0. The second-order valence-corrected chi connectivity index (χ2v) is 4.59. The van der Waals surface area contributed by atoms with Gasteiger partial charge in [-0.25, -0.2) is 0 Å². The first-order valence-electron chi connectivity index (χ1n) is 6.44. The first-order valence-corrected chi connectivity index (χ1v) is 6.44. The van der Waals surface area contributed by atoms with Crippen LogP contribution in [0.2, 0.25) is 0 Å². The molecule has 4 heterocycles. The molecule has 4 heteroatoms. The van der Waals surface area contributed by atoms with Crippen molar-refractivity contribution in [2.24, 2.45) is 0 Å². The Morgan fingerprint density at radius 2 is 1.48 bits per heavy atom. The van der Waals surface area contributed by atoms with Crippen LogP contribution in [0, 0.1) is 0 Å². The molecule has 0 aliphatic rings. The van der Waals surface area contributed by atoms with Gasteiger partial charge in [-0.05, 0) is 30.3 Å². The van der Waals surface area contributed by atoms with E-state index in [2.05, 4.69) is 22.7 Å². The van der Waals surface area contributed by atoms with Gasteiger partial charge in [-0.1, -0.05) is 0 Å². The number of rotatable bonds is 2. The Morgan fingerprint density at radius 1 is 0.762 bits per heavy atom. The Hall–Kier alpha value is -2.33. The van der Waals surface area contributed by atoms with Gasteiger partial charge in [-0.2, -0.15) is 4.40 Å². The Morgan fingerprint density at radius 3 is 2.14 bits per heavy atom. The molecule has 0 saturated heterocycles. The average molecular weight is 342 g/mol. The fourth-order valence-corrected chi connectivity index (χ4v) is 2.41. The number of aromatic nitrogens is 1. The lowest BCUT2D eigenvalue weighted by molar-refractivity contribution is -0.511. The van der Waals surface area contributed by atoms with Crippen molar-refractivity contribution >= 4 is 5.52 Å². The molecule has 0 atom stereocenters. The average Bonchev–Trinajstić information content (AvgIpc) is 3.19. The van der Waals surface area contributed by atoms with Crippen molar-refractivity contribution in [3.05, 3.63) is 73.5 Å². The van der Waals surface area contributed by atoms with Crippen LogP contribution in [0.4, 0.5) is 0 Å². The predicted molar refractivity (Wildman–Crippen MR) is 75.0 cm³/mol. The van der Waals surface area contributed by atoms with E-state index in [-0.39, 0.29) is 17.0 Å². The van der Waals surface area contributed by atoms with Gasteiger partial charge in [0, 0.05) is 23.8 Å². The van der Waals surface area contributed by atoms with Crippen molar-refractivity contribution in [2.75, 3.05) is 0 Å². The molecule has 4 rings (SSSR count). The summed E-state index contributed by atoms with van der Waals surface area (Å²) in [4.78, 5) is 0. The summed E-state index contributed by atoms with van der Waals surface area (Å²) in [6.07, 6.45) is 7.45. The van der Waals surface area contributed by atoms with Crippen molar-refractivity contribution in [3.63, 3.8) is 0 Å². The van der Waals surface area contributed by atoms with E-state index in [1.165, 1.54) is 0 Å². The van der Waals surface area contributed by atoms with Gasteiger partial charge in [0.25, 0.3) is 0 Å². The molecule has 0 aliphatic heterocycles. The number of fused-ring (bicyclic) bond motifs is 1. The zero-order valence-corrected chi connectivity index (χ0v) is 12.7. The minimum atomic E-state index is 0. The van der Waals surface area contributed by atoms with Crippen LogP contribution in [0.3, 0.4) is 0 Å². The van der Waals surface area contributed by atoms with Crippen molar-refractivity contribution in [2.45, 2.75) is 0 Å². The van der Waals surface area contributed by atoms with Gasteiger partial charge in [0.2, 0.25) is 5.52 Å². The normalized spacial score (nSPS) is 10.5. The Bertz CT molecular complexity index is 779. The second-order valence-electron chi connectivity index (χ2n) is 4.59. The number of pyridine rings is 2. The summed E-state index contributed by atoms with van der Waals surface area (Å²) in [5.74, 6) is 1.66.